The minimum Gasteiger partial charge on any atom is -0.479 e. The van der Waals surface area contributed by atoms with Gasteiger partial charge in [0.25, 0.3) is 0 Å². The Kier molecular flexibility index (Phi) is 14.6. The topological polar surface area (TPSA) is 46.5 Å². The van der Waals surface area contributed by atoms with Gasteiger partial charge in [0.1, 0.15) is 0 Å². The van der Waals surface area contributed by atoms with Crippen LogP contribution in [0.1, 0.15) is 84.0 Å². The summed E-state index contributed by atoms with van der Waals surface area (Å²) in [7, 11) is 1.44. The fourth-order valence-electron chi connectivity index (χ4n) is 2.24. The molecule has 122 valence electrons. The number of hydrogen-bond donors (Lipinski definition) is 1. The van der Waals surface area contributed by atoms with Gasteiger partial charge in [-0.05, 0) is 19.3 Å². The highest BCUT2D eigenvalue weighted by Crippen LogP contribution is 2.09. The third kappa shape index (κ3) is 13.7. The van der Waals surface area contributed by atoms with E-state index in [1.54, 1.807) is 0 Å². The normalized spacial score (nSPS) is 11.7. The van der Waals surface area contributed by atoms with Crippen molar-refractivity contribution in [1.29, 1.82) is 0 Å². The van der Waals surface area contributed by atoms with Crippen molar-refractivity contribution >= 4 is 5.97 Å². The van der Waals surface area contributed by atoms with E-state index in [1.165, 1.54) is 58.5 Å². The van der Waals surface area contributed by atoms with Gasteiger partial charge in [-0.25, -0.2) is 4.79 Å². The van der Waals surface area contributed by atoms with Crippen molar-refractivity contribution in [3.8, 4) is 11.8 Å². The summed E-state index contributed by atoms with van der Waals surface area (Å²) in [6.45, 7) is 2.25. The Morgan fingerprint density at radius 1 is 0.952 bits per heavy atom. The van der Waals surface area contributed by atoms with E-state index in [2.05, 4.69) is 18.8 Å². The van der Waals surface area contributed by atoms with Gasteiger partial charge in [0.15, 0.2) is 6.10 Å². The molecule has 0 bridgehead atoms. The van der Waals surface area contributed by atoms with Gasteiger partial charge in [0.2, 0.25) is 0 Å². The molecule has 3 nitrogen and oxygen atoms in total. The fourth-order valence-corrected chi connectivity index (χ4v) is 2.24. The van der Waals surface area contributed by atoms with Crippen LogP contribution < -0.4 is 0 Å². The van der Waals surface area contributed by atoms with Crippen LogP contribution in [0, 0.1) is 11.8 Å². The van der Waals surface area contributed by atoms with E-state index in [0.717, 1.165) is 19.3 Å². The second-order valence-electron chi connectivity index (χ2n) is 5.53. The van der Waals surface area contributed by atoms with Crippen molar-refractivity contribution in [2.45, 2.75) is 90.1 Å². The molecule has 0 aliphatic rings. The Labute approximate surface area is 130 Å². The standard InChI is InChI=1S/C18H32O3/c1-3-4-5-6-7-8-9-10-11-12-13-14-15-16-17(21-2)18(19)20/h17H,3-11,14-16H2,1-2H3,(H,19,20)/t17-/m1/s1. The van der Waals surface area contributed by atoms with Gasteiger partial charge in [-0.3, -0.25) is 0 Å². The quantitative estimate of drug-likeness (QED) is 0.392. The van der Waals surface area contributed by atoms with Crippen LogP contribution in [0.2, 0.25) is 0 Å². The number of aliphatic carboxylic acids is 1. The SMILES string of the molecule is CCCCCCCCCCC#CCCC[C@@H](OC)C(=O)O. The molecular formula is C18H32O3. The van der Waals surface area contributed by atoms with Gasteiger partial charge >= 0.3 is 5.97 Å². The average molecular weight is 296 g/mol. The molecule has 0 saturated carbocycles. The fraction of sp³-hybridized carbons (Fsp3) is 0.833. The van der Waals surface area contributed by atoms with Crippen LogP contribution in [0.15, 0.2) is 0 Å². The predicted molar refractivity (Wildman–Crippen MR) is 87.3 cm³/mol. The zero-order chi connectivity index (χ0) is 15.8. The molecule has 0 rings (SSSR count). The smallest absolute Gasteiger partial charge is 0.332 e. The zero-order valence-electron chi connectivity index (χ0n) is 13.8. The van der Waals surface area contributed by atoms with Crippen molar-refractivity contribution in [2.75, 3.05) is 7.11 Å². The van der Waals surface area contributed by atoms with Gasteiger partial charge < -0.3 is 9.84 Å². The Morgan fingerprint density at radius 2 is 1.48 bits per heavy atom. The summed E-state index contributed by atoms with van der Waals surface area (Å²) in [6.07, 6.45) is 13.0. The number of methoxy groups -OCH3 is 1. The van der Waals surface area contributed by atoms with Crippen molar-refractivity contribution in [2.24, 2.45) is 0 Å². The Morgan fingerprint density at radius 3 is 2.00 bits per heavy atom. The third-order valence-electron chi connectivity index (χ3n) is 3.61. The molecular weight excluding hydrogens is 264 g/mol. The van der Waals surface area contributed by atoms with Crippen LogP contribution in [0.5, 0.6) is 0 Å². The first-order valence-electron chi connectivity index (χ1n) is 8.43. The lowest BCUT2D eigenvalue weighted by Gasteiger charge is -2.07. The molecule has 21 heavy (non-hydrogen) atoms. The molecule has 0 amide bonds. The maximum Gasteiger partial charge on any atom is 0.332 e. The van der Waals surface area contributed by atoms with Crippen LogP contribution >= 0.6 is 0 Å². The summed E-state index contributed by atoms with van der Waals surface area (Å²) >= 11 is 0. The van der Waals surface area contributed by atoms with Gasteiger partial charge in [0.05, 0.1) is 0 Å². The highest BCUT2D eigenvalue weighted by molar-refractivity contribution is 5.72. The Hall–Kier alpha value is -1.01. The molecule has 0 heterocycles. The molecule has 1 atom stereocenters. The number of hydrogen-bond acceptors (Lipinski definition) is 2. The van der Waals surface area contributed by atoms with Gasteiger partial charge in [-0.2, -0.15) is 0 Å². The van der Waals surface area contributed by atoms with Crippen molar-refractivity contribution in [1.82, 2.24) is 0 Å². The van der Waals surface area contributed by atoms with Crippen LogP contribution in [0.3, 0.4) is 0 Å². The number of unbranched alkanes of at least 4 members (excludes halogenated alkanes) is 9. The minimum atomic E-state index is -0.885. The summed E-state index contributed by atoms with van der Waals surface area (Å²) in [5, 5.41) is 8.80. The average Bonchev–Trinajstić information content (AvgIpc) is 2.47. The molecule has 0 unspecified atom stereocenters. The monoisotopic (exact) mass is 296 g/mol. The van der Waals surface area contributed by atoms with E-state index >= 15 is 0 Å². The molecule has 0 aliphatic carbocycles. The van der Waals surface area contributed by atoms with Gasteiger partial charge in [-0.15, -0.1) is 11.8 Å². The van der Waals surface area contributed by atoms with E-state index in [-0.39, 0.29) is 0 Å². The molecule has 0 aromatic carbocycles. The summed E-state index contributed by atoms with van der Waals surface area (Å²) in [5.41, 5.74) is 0. The van der Waals surface area contributed by atoms with Crippen LogP contribution in [0.25, 0.3) is 0 Å². The molecule has 0 aromatic rings. The maximum absolute atomic E-state index is 10.7. The largest absolute Gasteiger partial charge is 0.479 e. The summed E-state index contributed by atoms with van der Waals surface area (Å²) in [4.78, 5) is 10.7. The van der Waals surface area contributed by atoms with E-state index < -0.39 is 12.1 Å². The molecule has 1 N–H and O–H groups in total. The first-order chi connectivity index (χ1) is 10.2. The highest BCUT2D eigenvalue weighted by atomic mass is 16.5. The summed E-state index contributed by atoms with van der Waals surface area (Å²) in [5.74, 6) is 5.42. The van der Waals surface area contributed by atoms with Crippen molar-refractivity contribution in [3.05, 3.63) is 0 Å². The third-order valence-corrected chi connectivity index (χ3v) is 3.61. The van der Waals surface area contributed by atoms with Crippen molar-refractivity contribution in [3.63, 3.8) is 0 Å². The Bertz CT molecular complexity index is 301. The first-order valence-corrected chi connectivity index (χ1v) is 8.43. The molecule has 0 aliphatic heterocycles. The van der Waals surface area contributed by atoms with Gasteiger partial charge in [0, 0.05) is 20.0 Å². The van der Waals surface area contributed by atoms with E-state index in [1.807, 2.05) is 0 Å². The molecule has 0 aromatic heterocycles. The second-order valence-corrected chi connectivity index (χ2v) is 5.53. The second kappa shape index (κ2) is 15.4. The molecule has 0 fully saturated rings. The number of carboxylic acid groups (broad SMARTS) is 1. The summed E-state index contributed by atoms with van der Waals surface area (Å²) < 4.78 is 4.87. The highest BCUT2D eigenvalue weighted by Gasteiger charge is 2.14. The minimum absolute atomic E-state index is 0.540. The number of carbonyl (C=O) groups is 1. The number of carboxylic acids is 1. The maximum atomic E-state index is 10.7. The summed E-state index contributed by atoms with van der Waals surface area (Å²) in [6, 6.07) is 0. The molecule has 0 spiro atoms. The number of rotatable bonds is 13. The Balaban J connectivity index is 3.32. The van der Waals surface area contributed by atoms with E-state index in [0.29, 0.717) is 6.42 Å². The van der Waals surface area contributed by atoms with Crippen LogP contribution in [0.4, 0.5) is 0 Å². The lowest BCUT2D eigenvalue weighted by molar-refractivity contribution is -0.148. The number of ether oxygens (including phenoxy) is 1. The van der Waals surface area contributed by atoms with Crippen LogP contribution in [-0.2, 0) is 9.53 Å². The van der Waals surface area contributed by atoms with Crippen molar-refractivity contribution < 1.29 is 14.6 Å². The zero-order valence-corrected chi connectivity index (χ0v) is 13.8. The van der Waals surface area contributed by atoms with Crippen LogP contribution in [-0.4, -0.2) is 24.3 Å². The first kappa shape index (κ1) is 20.0. The lowest BCUT2D eigenvalue weighted by Crippen LogP contribution is -2.21. The lowest BCUT2D eigenvalue weighted by atomic mass is 10.1. The molecule has 0 radical (unpaired) electrons. The molecule has 3 heteroatoms. The van der Waals surface area contributed by atoms with Gasteiger partial charge in [-0.1, -0.05) is 51.9 Å². The van der Waals surface area contributed by atoms with E-state index in [4.69, 9.17) is 9.84 Å². The predicted octanol–water partition coefficient (Wildman–Crippen LogP) is 4.79. The molecule has 0 saturated heterocycles. The van der Waals surface area contributed by atoms with E-state index in [9.17, 15) is 4.79 Å².